The van der Waals surface area contributed by atoms with Crippen LogP contribution in [-0.2, 0) is 26.2 Å². The molecule has 0 saturated heterocycles. The first-order valence-electron chi connectivity index (χ1n) is 12.9. The van der Waals surface area contributed by atoms with Gasteiger partial charge >= 0.3 is 0 Å². The van der Waals surface area contributed by atoms with E-state index in [-0.39, 0.29) is 23.3 Å². The van der Waals surface area contributed by atoms with Gasteiger partial charge in [-0.3, -0.25) is 13.9 Å². The molecule has 0 aromatic heterocycles. The Bertz CT molecular complexity index is 1390. The minimum atomic E-state index is -4.13. The zero-order chi connectivity index (χ0) is 28.7. The van der Waals surface area contributed by atoms with Crippen molar-refractivity contribution in [1.29, 1.82) is 0 Å². The number of amides is 2. The van der Waals surface area contributed by atoms with Crippen LogP contribution in [0.2, 0.25) is 5.02 Å². The van der Waals surface area contributed by atoms with E-state index >= 15 is 0 Å². The largest absolute Gasteiger partial charge is 0.354 e. The normalized spacial score (nSPS) is 12.2. The van der Waals surface area contributed by atoms with Gasteiger partial charge < -0.3 is 10.2 Å². The van der Waals surface area contributed by atoms with Gasteiger partial charge in [-0.25, -0.2) is 8.42 Å². The lowest BCUT2D eigenvalue weighted by atomic mass is 10.1. The molecular weight excluding hydrogens is 534 g/mol. The van der Waals surface area contributed by atoms with Gasteiger partial charge in [0.15, 0.2) is 0 Å². The number of anilines is 1. The lowest BCUT2D eigenvalue weighted by Crippen LogP contribution is -2.51. The minimum Gasteiger partial charge on any atom is -0.354 e. The zero-order valence-corrected chi connectivity index (χ0v) is 24.6. The van der Waals surface area contributed by atoms with Crippen molar-refractivity contribution >= 4 is 39.1 Å². The molecule has 9 heteroatoms. The summed E-state index contributed by atoms with van der Waals surface area (Å²) in [6.45, 7) is 9.36. The Morgan fingerprint density at radius 1 is 0.923 bits per heavy atom. The summed E-state index contributed by atoms with van der Waals surface area (Å²) in [5.74, 6) is -0.567. The van der Waals surface area contributed by atoms with E-state index in [1.165, 1.54) is 17.0 Å². The number of aryl methyl sites for hydroxylation is 2. The number of hydrogen-bond acceptors (Lipinski definition) is 4. The maximum absolute atomic E-state index is 13.9. The fraction of sp³-hybridized carbons (Fsp3) is 0.333. The molecule has 3 rings (SSSR count). The second-order valence-corrected chi connectivity index (χ2v) is 12.4. The highest BCUT2D eigenvalue weighted by molar-refractivity contribution is 7.92. The van der Waals surface area contributed by atoms with E-state index in [1.54, 1.807) is 44.2 Å². The molecule has 1 unspecified atom stereocenters. The van der Waals surface area contributed by atoms with Gasteiger partial charge in [-0.1, -0.05) is 73.5 Å². The Labute approximate surface area is 236 Å². The van der Waals surface area contributed by atoms with Gasteiger partial charge in [0.25, 0.3) is 10.0 Å². The zero-order valence-electron chi connectivity index (χ0n) is 23.0. The van der Waals surface area contributed by atoms with Crippen LogP contribution in [0.3, 0.4) is 0 Å². The van der Waals surface area contributed by atoms with Crippen molar-refractivity contribution < 1.29 is 18.0 Å². The van der Waals surface area contributed by atoms with Gasteiger partial charge in [-0.2, -0.15) is 0 Å². The Morgan fingerprint density at radius 3 is 2.15 bits per heavy atom. The molecule has 3 aromatic carbocycles. The predicted octanol–water partition coefficient (Wildman–Crippen LogP) is 5.34. The Hall–Kier alpha value is -3.36. The van der Waals surface area contributed by atoms with E-state index in [0.717, 1.165) is 15.4 Å². The molecule has 0 spiro atoms. The maximum Gasteiger partial charge on any atom is 0.264 e. The fourth-order valence-corrected chi connectivity index (χ4v) is 5.77. The van der Waals surface area contributed by atoms with Gasteiger partial charge in [0.05, 0.1) is 10.6 Å². The molecule has 1 atom stereocenters. The third-order valence-corrected chi connectivity index (χ3v) is 8.37. The third kappa shape index (κ3) is 7.83. The second kappa shape index (κ2) is 13.1. The standard InChI is InChI=1S/C30H36ClN3O4S/c1-21(2)18-32-30(36)24(5)33(19-25-9-7-6-8-10-25)29(35)20-34(28-16-13-26(31)17-23(28)4)39(37,38)27-14-11-22(3)12-15-27/h6-17,21,24H,18-20H2,1-5H3,(H,32,36). The van der Waals surface area contributed by atoms with E-state index in [4.69, 9.17) is 11.6 Å². The molecule has 0 aliphatic rings. The molecule has 0 heterocycles. The molecule has 0 saturated carbocycles. The lowest BCUT2D eigenvalue weighted by Gasteiger charge is -2.32. The van der Waals surface area contributed by atoms with Crippen molar-refractivity contribution in [2.24, 2.45) is 5.92 Å². The Morgan fingerprint density at radius 2 is 1.56 bits per heavy atom. The van der Waals surface area contributed by atoms with Crippen LogP contribution in [0.1, 0.15) is 37.5 Å². The number of sulfonamides is 1. The molecule has 0 aliphatic heterocycles. The molecule has 3 aromatic rings. The topological polar surface area (TPSA) is 86.8 Å². The number of nitrogens with zero attached hydrogens (tertiary/aromatic N) is 2. The summed E-state index contributed by atoms with van der Waals surface area (Å²) in [6.07, 6.45) is 0. The van der Waals surface area contributed by atoms with E-state index in [0.29, 0.717) is 22.8 Å². The quantitative estimate of drug-likeness (QED) is 0.338. The smallest absolute Gasteiger partial charge is 0.264 e. The number of carbonyl (C=O) groups excluding carboxylic acids is 2. The van der Waals surface area contributed by atoms with Gasteiger partial charge in [0.1, 0.15) is 12.6 Å². The van der Waals surface area contributed by atoms with E-state index in [1.807, 2.05) is 51.1 Å². The summed E-state index contributed by atoms with van der Waals surface area (Å²) in [4.78, 5) is 28.5. The molecule has 1 N–H and O–H groups in total. The van der Waals surface area contributed by atoms with Crippen molar-refractivity contribution in [3.63, 3.8) is 0 Å². The van der Waals surface area contributed by atoms with Gasteiger partial charge in [-0.05, 0) is 68.1 Å². The summed E-state index contributed by atoms with van der Waals surface area (Å²) in [6, 6.07) is 19.8. The number of halogens is 1. The van der Waals surface area contributed by atoms with E-state index < -0.39 is 28.5 Å². The molecule has 208 valence electrons. The van der Waals surface area contributed by atoms with Crippen LogP contribution in [0.15, 0.2) is 77.7 Å². The molecule has 0 radical (unpaired) electrons. The number of benzene rings is 3. The summed E-state index contributed by atoms with van der Waals surface area (Å²) in [5, 5.41) is 3.34. The van der Waals surface area contributed by atoms with Crippen LogP contribution in [0.25, 0.3) is 0 Å². The Balaban J connectivity index is 2.03. The van der Waals surface area contributed by atoms with Gasteiger partial charge in [0, 0.05) is 18.1 Å². The number of rotatable bonds is 11. The van der Waals surface area contributed by atoms with Gasteiger partial charge in [0.2, 0.25) is 11.8 Å². The predicted molar refractivity (Wildman–Crippen MR) is 156 cm³/mol. The highest BCUT2D eigenvalue weighted by Gasteiger charge is 2.33. The maximum atomic E-state index is 13.9. The number of carbonyl (C=O) groups is 2. The van der Waals surface area contributed by atoms with Crippen LogP contribution in [0.4, 0.5) is 5.69 Å². The minimum absolute atomic E-state index is 0.0626. The monoisotopic (exact) mass is 569 g/mol. The summed E-state index contributed by atoms with van der Waals surface area (Å²) in [7, 11) is -4.13. The number of nitrogens with one attached hydrogen (secondary N) is 1. The third-order valence-electron chi connectivity index (χ3n) is 6.36. The first-order chi connectivity index (χ1) is 18.4. The molecule has 0 fully saturated rings. The average Bonchev–Trinajstić information content (AvgIpc) is 2.89. The van der Waals surface area contributed by atoms with E-state index in [2.05, 4.69) is 5.32 Å². The first-order valence-corrected chi connectivity index (χ1v) is 14.7. The molecular formula is C30H36ClN3O4S. The van der Waals surface area contributed by atoms with Crippen LogP contribution in [-0.4, -0.2) is 44.3 Å². The van der Waals surface area contributed by atoms with Gasteiger partial charge in [-0.15, -0.1) is 0 Å². The van der Waals surface area contributed by atoms with Crippen molar-refractivity contribution in [2.45, 2.75) is 52.1 Å². The Kier molecular flexibility index (Phi) is 10.2. The summed E-state index contributed by atoms with van der Waals surface area (Å²) < 4.78 is 28.9. The molecule has 0 aliphatic carbocycles. The SMILES string of the molecule is Cc1ccc(S(=O)(=O)N(CC(=O)N(Cc2ccccc2)C(C)C(=O)NCC(C)C)c2ccc(Cl)cc2C)cc1. The van der Waals surface area contributed by atoms with Crippen LogP contribution in [0, 0.1) is 19.8 Å². The first kappa shape index (κ1) is 30.2. The van der Waals surface area contributed by atoms with Crippen LogP contribution < -0.4 is 9.62 Å². The van der Waals surface area contributed by atoms with Crippen molar-refractivity contribution in [3.05, 3.63) is 94.5 Å². The van der Waals surface area contributed by atoms with Crippen LogP contribution >= 0.6 is 11.6 Å². The van der Waals surface area contributed by atoms with Crippen LogP contribution in [0.5, 0.6) is 0 Å². The average molecular weight is 570 g/mol. The molecule has 2 amide bonds. The molecule has 7 nitrogen and oxygen atoms in total. The lowest BCUT2D eigenvalue weighted by molar-refractivity contribution is -0.139. The van der Waals surface area contributed by atoms with Crippen molar-refractivity contribution in [3.8, 4) is 0 Å². The van der Waals surface area contributed by atoms with Crippen molar-refractivity contribution in [2.75, 3.05) is 17.4 Å². The second-order valence-electron chi connectivity index (χ2n) is 10.1. The highest BCUT2D eigenvalue weighted by Crippen LogP contribution is 2.29. The molecule has 0 bridgehead atoms. The van der Waals surface area contributed by atoms with E-state index in [9.17, 15) is 18.0 Å². The molecule has 39 heavy (non-hydrogen) atoms. The fourth-order valence-electron chi connectivity index (χ4n) is 4.06. The summed E-state index contributed by atoms with van der Waals surface area (Å²) >= 11 is 6.16. The number of hydrogen-bond donors (Lipinski definition) is 1. The summed E-state index contributed by atoms with van der Waals surface area (Å²) in [5.41, 5.74) is 2.67. The highest BCUT2D eigenvalue weighted by atomic mass is 35.5. The van der Waals surface area contributed by atoms with Crippen molar-refractivity contribution in [1.82, 2.24) is 10.2 Å².